The highest BCUT2D eigenvalue weighted by Gasteiger charge is 2.32. The number of nitrogens with two attached hydrogens (primary N) is 1. The molecule has 33 heavy (non-hydrogen) atoms. The Hall–Kier alpha value is -3.12. The fourth-order valence-electron chi connectivity index (χ4n) is 3.52. The van der Waals surface area contributed by atoms with E-state index in [-0.39, 0.29) is 37.1 Å². The predicted octanol–water partition coefficient (Wildman–Crippen LogP) is 2.42. The molecular formula is C24H34N4O4Si. The van der Waals surface area contributed by atoms with Crippen molar-refractivity contribution < 1.29 is 19.1 Å². The molecule has 0 radical (unpaired) electrons. The summed E-state index contributed by atoms with van der Waals surface area (Å²) in [5, 5.41) is 10.3. The molecule has 1 saturated heterocycles. The standard InChI is InChI=1S/C24H34N4O4Si/c1-5-32-22(30)16-19(12-14-33(2,3)4)27-21(29)15-18-7-6-13-28(24(18)31)20-10-8-17(9-11-20)23(25)26/h8-11,18-19H,5-7,13,15-16H2,1-4H3,(H3,25,26)(H,27,29)/t18-,19?/m0/s1. The zero-order chi connectivity index (χ0) is 24.6. The number of esters is 1. The third-order valence-electron chi connectivity index (χ3n) is 5.10. The minimum atomic E-state index is -1.70. The Morgan fingerprint density at radius 2 is 1.97 bits per heavy atom. The average molecular weight is 471 g/mol. The van der Waals surface area contributed by atoms with Gasteiger partial charge in [0.15, 0.2) is 0 Å². The molecular weight excluding hydrogens is 436 g/mol. The molecule has 1 aliphatic rings. The van der Waals surface area contributed by atoms with Crippen LogP contribution in [0.4, 0.5) is 5.69 Å². The van der Waals surface area contributed by atoms with Gasteiger partial charge in [0.05, 0.1) is 13.0 Å². The van der Waals surface area contributed by atoms with Crippen LogP contribution in [0.2, 0.25) is 19.6 Å². The first-order valence-corrected chi connectivity index (χ1v) is 14.7. The number of nitrogens with one attached hydrogen (secondary N) is 2. The summed E-state index contributed by atoms with van der Waals surface area (Å²) in [4.78, 5) is 39.5. The second-order valence-corrected chi connectivity index (χ2v) is 13.9. The molecule has 4 N–H and O–H groups in total. The van der Waals surface area contributed by atoms with E-state index in [9.17, 15) is 14.4 Å². The van der Waals surface area contributed by atoms with Gasteiger partial charge in [0, 0.05) is 30.1 Å². The number of hydrogen-bond acceptors (Lipinski definition) is 5. The molecule has 9 heteroatoms. The summed E-state index contributed by atoms with van der Waals surface area (Å²) in [5.41, 5.74) is 10.0. The number of anilines is 1. The van der Waals surface area contributed by atoms with E-state index in [2.05, 4.69) is 36.4 Å². The van der Waals surface area contributed by atoms with Gasteiger partial charge >= 0.3 is 5.97 Å². The number of rotatable bonds is 8. The highest BCUT2D eigenvalue weighted by Crippen LogP contribution is 2.26. The second kappa shape index (κ2) is 11.7. The Morgan fingerprint density at radius 3 is 2.55 bits per heavy atom. The van der Waals surface area contributed by atoms with E-state index < -0.39 is 26.0 Å². The molecule has 1 unspecified atom stereocenters. The first kappa shape index (κ1) is 26.1. The van der Waals surface area contributed by atoms with E-state index >= 15 is 0 Å². The summed E-state index contributed by atoms with van der Waals surface area (Å²) in [6.45, 7) is 8.82. The molecule has 1 aromatic rings. The Balaban J connectivity index is 2.06. The normalized spacial score (nSPS) is 16.9. The van der Waals surface area contributed by atoms with Crippen molar-refractivity contribution in [2.24, 2.45) is 11.7 Å². The number of amides is 2. The molecule has 2 atom stereocenters. The van der Waals surface area contributed by atoms with Crippen LogP contribution >= 0.6 is 0 Å². The van der Waals surface area contributed by atoms with Gasteiger partial charge in [0.25, 0.3) is 0 Å². The van der Waals surface area contributed by atoms with Crippen LogP contribution < -0.4 is 16.0 Å². The Kier molecular flexibility index (Phi) is 9.23. The number of nitrogens with zero attached hydrogens (tertiary/aromatic N) is 1. The molecule has 1 aliphatic heterocycles. The lowest BCUT2D eigenvalue weighted by Gasteiger charge is -2.32. The van der Waals surface area contributed by atoms with Crippen molar-refractivity contribution in [1.29, 1.82) is 5.41 Å². The van der Waals surface area contributed by atoms with Crippen LogP contribution in [0.25, 0.3) is 0 Å². The highest BCUT2D eigenvalue weighted by atomic mass is 28.3. The zero-order valence-electron chi connectivity index (χ0n) is 19.9. The fourth-order valence-corrected chi connectivity index (χ4v) is 4.13. The van der Waals surface area contributed by atoms with Crippen molar-refractivity contribution in [3.8, 4) is 11.5 Å². The van der Waals surface area contributed by atoms with Crippen LogP contribution in [0.1, 0.15) is 38.2 Å². The molecule has 0 aliphatic carbocycles. The molecule has 2 rings (SSSR count). The van der Waals surface area contributed by atoms with E-state index in [1.54, 1.807) is 36.1 Å². The monoisotopic (exact) mass is 470 g/mol. The van der Waals surface area contributed by atoms with Crippen molar-refractivity contribution in [2.75, 3.05) is 18.1 Å². The molecule has 1 fully saturated rings. The maximum Gasteiger partial charge on any atom is 0.308 e. The zero-order valence-corrected chi connectivity index (χ0v) is 20.9. The van der Waals surface area contributed by atoms with Gasteiger partial charge in [-0.1, -0.05) is 25.6 Å². The molecule has 2 amide bonds. The topological polar surface area (TPSA) is 126 Å². The van der Waals surface area contributed by atoms with Crippen LogP contribution in [-0.2, 0) is 19.1 Å². The third-order valence-corrected chi connectivity index (χ3v) is 6.00. The van der Waals surface area contributed by atoms with Crippen LogP contribution in [0.15, 0.2) is 24.3 Å². The van der Waals surface area contributed by atoms with Gasteiger partial charge in [0.1, 0.15) is 20.0 Å². The van der Waals surface area contributed by atoms with Crippen LogP contribution in [0.5, 0.6) is 0 Å². The van der Waals surface area contributed by atoms with Crippen molar-refractivity contribution in [2.45, 2.75) is 58.3 Å². The van der Waals surface area contributed by atoms with Crippen LogP contribution in [0, 0.1) is 22.8 Å². The average Bonchev–Trinajstić information content (AvgIpc) is 2.73. The van der Waals surface area contributed by atoms with Gasteiger partial charge in [-0.15, -0.1) is 5.54 Å². The number of nitrogen functional groups attached to an aromatic ring is 1. The van der Waals surface area contributed by atoms with Crippen molar-refractivity contribution in [3.05, 3.63) is 29.8 Å². The van der Waals surface area contributed by atoms with E-state index in [0.29, 0.717) is 18.5 Å². The number of ether oxygens (including phenoxy) is 1. The summed E-state index contributed by atoms with van der Waals surface area (Å²) in [6, 6.07) is 6.30. The van der Waals surface area contributed by atoms with Crippen molar-refractivity contribution >= 4 is 37.4 Å². The van der Waals surface area contributed by atoms with Crippen LogP contribution in [-0.4, -0.2) is 50.9 Å². The van der Waals surface area contributed by atoms with Gasteiger partial charge in [-0.2, -0.15) is 0 Å². The lowest BCUT2D eigenvalue weighted by Crippen LogP contribution is -2.44. The quantitative estimate of drug-likeness (QED) is 0.177. The minimum Gasteiger partial charge on any atom is -0.466 e. The van der Waals surface area contributed by atoms with E-state index in [1.165, 1.54) is 0 Å². The molecule has 1 aromatic carbocycles. The van der Waals surface area contributed by atoms with E-state index in [1.807, 2.05) is 0 Å². The summed E-state index contributed by atoms with van der Waals surface area (Å²) in [5.74, 6) is 1.73. The minimum absolute atomic E-state index is 0.0235. The third kappa shape index (κ3) is 8.39. The lowest BCUT2D eigenvalue weighted by atomic mass is 9.92. The summed E-state index contributed by atoms with van der Waals surface area (Å²) < 4.78 is 5.01. The number of hydrogen-bond donors (Lipinski definition) is 3. The molecule has 0 bridgehead atoms. The molecule has 178 valence electrons. The highest BCUT2D eigenvalue weighted by molar-refractivity contribution is 6.83. The van der Waals surface area contributed by atoms with E-state index in [4.69, 9.17) is 15.9 Å². The summed E-state index contributed by atoms with van der Waals surface area (Å²) >= 11 is 0. The first-order chi connectivity index (χ1) is 15.5. The maximum atomic E-state index is 13.1. The van der Waals surface area contributed by atoms with Crippen molar-refractivity contribution in [1.82, 2.24) is 5.32 Å². The Morgan fingerprint density at radius 1 is 1.30 bits per heavy atom. The Bertz CT molecular complexity index is 944. The maximum absolute atomic E-state index is 13.1. The van der Waals surface area contributed by atoms with E-state index in [0.717, 1.165) is 12.1 Å². The largest absolute Gasteiger partial charge is 0.466 e. The van der Waals surface area contributed by atoms with Gasteiger partial charge in [0.2, 0.25) is 11.8 Å². The lowest BCUT2D eigenvalue weighted by molar-refractivity contribution is -0.143. The summed E-state index contributed by atoms with van der Waals surface area (Å²) in [6.07, 6.45) is 1.41. The number of carbonyl (C=O) groups is 3. The van der Waals surface area contributed by atoms with Crippen molar-refractivity contribution in [3.63, 3.8) is 0 Å². The van der Waals surface area contributed by atoms with Gasteiger partial charge in [-0.3, -0.25) is 19.8 Å². The SMILES string of the molecule is CCOC(=O)CC(C#C[Si](C)(C)C)NC(=O)C[C@@H]1CCCN(c2ccc(C(=N)N)cc2)C1=O. The number of piperidine rings is 1. The summed E-state index contributed by atoms with van der Waals surface area (Å²) in [7, 11) is -1.70. The van der Waals surface area contributed by atoms with Gasteiger partial charge < -0.3 is 20.7 Å². The van der Waals surface area contributed by atoms with Gasteiger partial charge in [-0.05, 0) is 44.0 Å². The first-order valence-electron chi connectivity index (χ1n) is 11.2. The van der Waals surface area contributed by atoms with Gasteiger partial charge in [-0.25, -0.2) is 0 Å². The number of carbonyl (C=O) groups excluding carboxylic acids is 3. The molecule has 0 spiro atoms. The molecule has 1 heterocycles. The van der Waals surface area contributed by atoms with Crippen LogP contribution in [0.3, 0.4) is 0 Å². The number of amidine groups is 1. The Labute approximate surface area is 196 Å². The molecule has 8 nitrogen and oxygen atoms in total. The second-order valence-electron chi connectivity index (χ2n) is 9.14. The smallest absolute Gasteiger partial charge is 0.308 e. The predicted molar refractivity (Wildman–Crippen MR) is 131 cm³/mol. The molecule has 0 aromatic heterocycles. The number of benzene rings is 1. The molecule has 0 saturated carbocycles. The fraction of sp³-hybridized carbons (Fsp3) is 0.500.